The van der Waals surface area contributed by atoms with E-state index in [1.807, 2.05) is 0 Å². The first-order valence-corrected chi connectivity index (χ1v) is 7.20. The Labute approximate surface area is 118 Å². The molecule has 3 atom stereocenters. The molecule has 0 amide bonds. The van der Waals surface area contributed by atoms with Gasteiger partial charge in [-0.1, -0.05) is 26.0 Å². The van der Waals surface area contributed by atoms with Gasteiger partial charge in [0.05, 0.1) is 5.56 Å². The van der Waals surface area contributed by atoms with Crippen molar-refractivity contribution in [1.29, 1.82) is 0 Å². The number of alkyl halides is 3. The Bertz CT molecular complexity index is 445. The quantitative estimate of drug-likeness (QED) is 0.831. The molecule has 0 heterocycles. The minimum atomic E-state index is -4.30. The number of halogens is 3. The molecule has 1 aromatic carbocycles. The minimum absolute atomic E-state index is 0.275. The van der Waals surface area contributed by atoms with E-state index in [2.05, 4.69) is 13.8 Å². The molecule has 112 valence electrons. The van der Waals surface area contributed by atoms with Gasteiger partial charge >= 0.3 is 6.18 Å². The van der Waals surface area contributed by atoms with Gasteiger partial charge in [0.1, 0.15) is 0 Å². The summed E-state index contributed by atoms with van der Waals surface area (Å²) in [5.74, 6) is 1.47. The van der Waals surface area contributed by atoms with Gasteiger partial charge in [-0.05, 0) is 54.7 Å². The zero-order valence-electron chi connectivity index (χ0n) is 12.0. The van der Waals surface area contributed by atoms with Crippen LogP contribution in [0.25, 0.3) is 0 Å². The van der Waals surface area contributed by atoms with Crippen molar-refractivity contribution in [3.63, 3.8) is 0 Å². The third-order valence-electron chi connectivity index (χ3n) is 4.32. The van der Waals surface area contributed by atoms with Crippen molar-refractivity contribution in [2.45, 2.75) is 45.3 Å². The first kappa shape index (κ1) is 15.4. The van der Waals surface area contributed by atoms with E-state index in [-0.39, 0.29) is 12.0 Å². The van der Waals surface area contributed by atoms with Crippen molar-refractivity contribution in [3.05, 3.63) is 35.4 Å². The van der Waals surface area contributed by atoms with Crippen LogP contribution in [-0.4, -0.2) is 0 Å². The highest BCUT2D eigenvalue weighted by atomic mass is 19.4. The van der Waals surface area contributed by atoms with Crippen molar-refractivity contribution >= 4 is 0 Å². The normalized spacial score (nSPS) is 29.2. The minimum Gasteiger partial charge on any atom is -0.324 e. The maximum absolute atomic E-state index is 12.8. The molecule has 1 aromatic rings. The summed E-state index contributed by atoms with van der Waals surface area (Å²) < 4.78 is 38.3. The first-order valence-electron chi connectivity index (χ1n) is 7.20. The van der Waals surface area contributed by atoms with Gasteiger partial charge in [-0.3, -0.25) is 0 Å². The van der Waals surface area contributed by atoms with Crippen molar-refractivity contribution in [3.8, 4) is 0 Å². The summed E-state index contributed by atoms with van der Waals surface area (Å²) in [5.41, 5.74) is 6.23. The summed E-state index contributed by atoms with van der Waals surface area (Å²) in [5, 5.41) is 0. The average molecular weight is 285 g/mol. The van der Waals surface area contributed by atoms with Crippen molar-refractivity contribution < 1.29 is 13.2 Å². The number of hydrogen-bond acceptors (Lipinski definition) is 1. The van der Waals surface area contributed by atoms with E-state index in [0.29, 0.717) is 17.4 Å². The Kier molecular flexibility index (Phi) is 4.43. The Morgan fingerprint density at radius 1 is 1.10 bits per heavy atom. The first-order chi connectivity index (χ1) is 9.27. The summed E-state index contributed by atoms with van der Waals surface area (Å²) in [4.78, 5) is 0. The van der Waals surface area contributed by atoms with Gasteiger partial charge in [0.15, 0.2) is 0 Å². The topological polar surface area (TPSA) is 26.0 Å². The van der Waals surface area contributed by atoms with Gasteiger partial charge < -0.3 is 5.73 Å². The van der Waals surface area contributed by atoms with Crippen LogP contribution in [0.15, 0.2) is 24.3 Å². The molecule has 1 fully saturated rings. The average Bonchev–Trinajstić information content (AvgIpc) is 2.36. The largest absolute Gasteiger partial charge is 0.416 e. The predicted octanol–water partition coefficient (Wildman–Crippen LogP) is 4.78. The summed E-state index contributed by atoms with van der Waals surface area (Å²) in [7, 11) is 0. The molecule has 0 spiro atoms. The zero-order chi connectivity index (χ0) is 14.9. The van der Waals surface area contributed by atoms with Gasteiger partial charge in [0.2, 0.25) is 0 Å². The molecule has 1 aliphatic rings. The lowest BCUT2D eigenvalue weighted by Gasteiger charge is -2.35. The molecule has 1 aliphatic carbocycles. The summed E-state index contributed by atoms with van der Waals surface area (Å²) in [6, 6.07) is 5.16. The highest BCUT2D eigenvalue weighted by molar-refractivity contribution is 5.28. The van der Waals surface area contributed by atoms with Gasteiger partial charge in [-0.15, -0.1) is 0 Å². The van der Waals surface area contributed by atoms with Crippen LogP contribution < -0.4 is 5.73 Å². The van der Waals surface area contributed by atoms with E-state index < -0.39 is 11.7 Å². The number of rotatable bonds is 2. The lowest BCUT2D eigenvalue weighted by Crippen LogP contribution is -2.29. The van der Waals surface area contributed by atoms with Crippen molar-refractivity contribution in [2.75, 3.05) is 0 Å². The summed E-state index contributed by atoms with van der Waals surface area (Å²) in [6.07, 6.45) is -1.11. The van der Waals surface area contributed by atoms with Crippen molar-refractivity contribution in [2.24, 2.45) is 23.5 Å². The number of nitrogens with two attached hydrogens (primary N) is 1. The molecular weight excluding hydrogens is 263 g/mol. The molecule has 20 heavy (non-hydrogen) atoms. The Balaban J connectivity index is 2.18. The number of benzene rings is 1. The zero-order valence-corrected chi connectivity index (χ0v) is 12.0. The molecule has 1 nitrogen and oxygen atoms in total. The third kappa shape index (κ3) is 3.54. The Morgan fingerprint density at radius 2 is 1.70 bits per heavy atom. The van der Waals surface area contributed by atoms with Crippen LogP contribution in [0.4, 0.5) is 13.2 Å². The van der Waals surface area contributed by atoms with E-state index in [4.69, 9.17) is 5.73 Å². The highest BCUT2D eigenvalue weighted by Crippen LogP contribution is 2.39. The van der Waals surface area contributed by atoms with E-state index in [9.17, 15) is 13.2 Å². The van der Waals surface area contributed by atoms with Crippen LogP contribution in [0.1, 0.15) is 50.3 Å². The summed E-state index contributed by atoms with van der Waals surface area (Å²) in [6.45, 7) is 4.39. The van der Waals surface area contributed by atoms with Gasteiger partial charge in [-0.2, -0.15) is 13.2 Å². The smallest absolute Gasteiger partial charge is 0.324 e. The van der Waals surface area contributed by atoms with Crippen LogP contribution in [-0.2, 0) is 6.18 Å². The summed E-state index contributed by atoms with van der Waals surface area (Å²) >= 11 is 0. The molecule has 0 aromatic heterocycles. The lowest BCUT2D eigenvalue weighted by atomic mass is 9.72. The standard InChI is InChI=1S/C16H22F3N/c1-10-6-11(2)8-13(7-10)15(20)12-4-3-5-14(9-12)16(17,18)19/h3-5,9-11,13,15H,6-8,20H2,1-2H3. The second-order valence-electron chi connectivity index (χ2n) is 6.33. The molecule has 0 radical (unpaired) electrons. The molecule has 2 rings (SSSR count). The van der Waals surface area contributed by atoms with Gasteiger partial charge in [0.25, 0.3) is 0 Å². The second kappa shape index (κ2) is 5.76. The molecule has 0 saturated heterocycles. The number of hydrogen-bond donors (Lipinski definition) is 1. The van der Waals surface area contributed by atoms with Crippen LogP contribution in [0.5, 0.6) is 0 Å². The second-order valence-corrected chi connectivity index (χ2v) is 6.33. The van der Waals surface area contributed by atoms with Crippen LogP contribution >= 0.6 is 0 Å². The molecule has 4 heteroatoms. The van der Waals surface area contributed by atoms with Crippen LogP contribution in [0.2, 0.25) is 0 Å². The van der Waals surface area contributed by atoms with Crippen molar-refractivity contribution in [1.82, 2.24) is 0 Å². The highest BCUT2D eigenvalue weighted by Gasteiger charge is 2.33. The third-order valence-corrected chi connectivity index (χ3v) is 4.32. The maximum Gasteiger partial charge on any atom is 0.416 e. The van der Waals surface area contributed by atoms with Crippen LogP contribution in [0.3, 0.4) is 0 Å². The fourth-order valence-electron chi connectivity index (χ4n) is 3.50. The molecule has 0 aliphatic heterocycles. The molecule has 2 N–H and O–H groups in total. The van der Waals surface area contributed by atoms with E-state index >= 15 is 0 Å². The maximum atomic E-state index is 12.8. The van der Waals surface area contributed by atoms with Gasteiger partial charge in [-0.25, -0.2) is 0 Å². The van der Waals surface area contributed by atoms with E-state index in [0.717, 1.165) is 18.9 Å². The lowest BCUT2D eigenvalue weighted by molar-refractivity contribution is -0.137. The Morgan fingerprint density at radius 3 is 2.25 bits per heavy atom. The SMILES string of the molecule is CC1CC(C)CC(C(N)c2cccc(C(F)(F)F)c2)C1. The predicted molar refractivity (Wildman–Crippen MR) is 74.0 cm³/mol. The fraction of sp³-hybridized carbons (Fsp3) is 0.625. The van der Waals surface area contributed by atoms with Crippen LogP contribution in [0, 0.1) is 17.8 Å². The Hall–Kier alpha value is -1.03. The monoisotopic (exact) mass is 285 g/mol. The van der Waals surface area contributed by atoms with E-state index in [1.54, 1.807) is 6.07 Å². The molecule has 1 saturated carbocycles. The molecule has 3 unspecified atom stereocenters. The molecule has 0 bridgehead atoms. The van der Waals surface area contributed by atoms with E-state index in [1.165, 1.54) is 18.6 Å². The molecular formula is C16H22F3N. The fourth-order valence-corrected chi connectivity index (χ4v) is 3.50. The van der Waals surface area contributed by atoms with Gasteiger partial charge in [0, 0.05) is 6.04 Å².